The number of ether oxygens (including phenoxy) is 2. The second-order valence-corrected chi connectivity index (χ2v) is 7.09. The average Bonchev–Trinajstić information content (AvgIpc) is 2.98. The van der Waals surface area contributed by atoms with Crippen LogP contribution in [-0.4, -0.2) is 34.2 Å². The molecule has 4 heteroatoms. The van der Waals surface area contributed by atoms with E-state index in [1.165, 1.54) is 14.1 Å². The van der Waals surface area contributed by atoms with Crippen molar-refractivity contribution in [2.45, 2.75) is 6.92 Å². The monoisotopic (exact) mass is 360 g/mol. The fraction of sp³-hybridized carbons (Fsp3) is 0.167. The number of hydrogen-bond donors (Lipinski definition) is 0. The second kappa shape index (κ2) is 6.39. The van der Waals surface area contributed by atoms with Gasteiger partial charge in [0, 0.05) is 0 Å². The first-order chi connectivity index (χ1) is 10.7. The standard InChI is InChI=1S/C18H16O3Se/c1-3-21-18(19)13-6-4-12(5-7-13)16-10-14-8-9-15(20-2)11-17(14)22-16/h4-11H,3H2,1-2H3. The van der Waals surface area contributed by atoms with E-state index in [2.05, 4.69) is 18.2 Å². The maximum absolute atomic E-state index is 11.7. The number of benzene rings is 2. The maximum atomic E-state index is 11.7. The zero-order valence-corrected chi connectivity index (χ0v) is 14.2. The molecule has 3 nitrogen and oxygen atoms in total. The van der Waals surface area contributed by atoms with Crippen LogP contribution in [0.3, 0.4) is 0 Å². The molecule has 0 spiro atoms. The van der Waals surface area contributed by atoms with Gasteiger partial charge in [-0.05, 0) is 0 Å². The molecule has 22 heavy (non-hydrogen) atoms. The van der Waals surface area contributed by atoms with Crippen LogP contribution in [0, 0.1) is 0 Å². The SMILES string of the molecule is CCOC(=O)c1ccc(-c2cc3ccc(OC)cc3[se]2)cc1. The summed E-state index contributed by atoms with van der Waals surface area (Å²) in [5, 5.41) is 1.25. The van der Waals surface area contributed by atoms with Crippen molar-refractivity contribution in [1.29, 1.82) is 0 Å². The van der Waals surface area contributed by atoms with Crippen molar-refractivity contribution in [3.63, 3.8) is 0 Å². The summed E-state index contributed by atoms with van der Waals surface area (Å²) in [5.74, 6) is 0.626. The summed E-state index contributed by atoms with van der Waals surface area (Å²) in [7, 11) is 1.69. The quantitative estimate of drug-likeness (QED) is 0.526. The summed E-state index contributed by atoms with van der Waals surface area (Å²) in [5.41, 5.74) is 1.75. The number of carbonyl (C=O) groups excluding carboxylic acids is 1. The Morgan fingerprint density at radius 3 is 2.55 bits per heavy atom. The first kappa shape index (κ1) is 14.9. The molecule has 0 unspecified atom stereocenters. The first-order valence-corrected chi connectivity index (χ1v) is 8.77. The van der Waals surface area contributed by atoms with Crippen molar-refractivity contribution in [3.8, 4) is 15.8 Å². The van der Waals surface area contributed by atoms with Gasteiger partial charge in [-0.1, -0.05) is 0 Å². The summed E-state index contributed by atoms with van der Waals surface area (Å²) < 4.78 is 12.9. The van der Waals surface area contributed by atoms with Crippen LogP contribution in [0.1, 0.15) is 17.3 Å². The number of methoxy groups -OCH3 is 1. The summed E-state index contributed by atoms with van der Waals surface area (Å²) in [6.45, 7) is 2.20. The van der Waals surface area contributed by atoms with Crippen LogP contribution in [0.5, 0.6) is 5.75 Å². The molecular formula is C18H16O3Se. The van der Waals surface area contributed by atoms with Crippen LogP contribution in [0.15, 0.2) is 48.5 Å². The van der Waals surface area contributed by atoms with Crippen molar-refractivity contribution in [1.82, 2.24) is 0 Å². The normalized spacial score (nSPS) is 10.6. The zero-order valence-electron chi connectivity index (χ0n) is 12.5. The molecule has 0 radical (unpaired) electrons. The van der Waals surface area contributed by atoms with Gasteiger partial charge in [0.05, 0.1) is 0 Å². The molecule has 0 atom stereocenters. The third kappa shape index (κ3) is 2.94. The molecule has 0 aliphatic carbocycles. The van der Waals surface area contributed by atoms with Gasteiger partial charge >= 0.3 is 135 Å². The number of carbonyl (C=O) groups is 1. The number of hydrogen-bond acceptors (Lipinski definition) is 3. The van der Waals surface area contributed by atoms with Gasteiger partial charge in [-0.3, -0.25) is 0 Å². The van der Waals surface area contributed by atoms with E-state index in [1.54, 1.807) is 7.11 Å². The Labute approximate surface area is 135 Å². The number of esters is 1. The molecule has 0 bridgehead atoms. The molecule has 3 aromatic rings. The van der Waals surface area contributed by atoms with Crippen molar-refractivity contribution < 1.29 is 14.3 Å². The molecule has 0 N–H and O–H groups in total. The molecule has 1 aromatic heterocycles. The van der Waals surface area contributed by atoms with E-state index in [4.69, 9.17) is 9.47 Å². The molecule has 0 aliphatic heterocycles. The van der Waals surface area contributed by atoms with Crippen LogP contribution in [0.4, 0.5) is 0 Å². The van der Waals surface area contributed by atoms with Crippen LogP contribution in [0.25, 0.3) is 19.6 Å². The third-order valence-corrected chi connectivity index (χ3v) is 5.81. The van der Waals surface area contributed by atoms with Crippen molar-refractivity contribution in [3.05, 3.63) is 54.1 Å². The Bertz CT molecular complexity index is 803. The third-order valence-electron chi connectivity index (χ3n) is 3.41. The van der Waals surface area contributed by atoms with Gasteiger partial charge in [-0.15, -0.1) is 0 Å². The van der Waals surface area contributed by atoms with E-state index >= 15 is 0 Å². The van der Waals surface area contributed by atoms with Crippen molar-refractivity contribution >= 4 is 30.1 Å². The van der Waals surface area contributed by atoms with Crippen molar-refractivity contribution in [2.75, 3.05) is 13.7 Å². The minimum absolute atomic E-state index is 0.259. The van der Waals surface area contributed by atoms with Crippen LogP contribution < -0.4 is 4.74 Å². The molecule has 0 saturated heterocycles. The van der Waals surface area contributed by atoms with Gasteiger partial charge in [-0.25, -0.2) is 0 Å². The molecule has 0 fully saturated rings. The van der Waals surface area contributed by atoms with E-state index < -0.39 is 0 Å². The van der Waals surface area contributed by atoms with Gasteiger partial charge in [0.15, 0.2) is 0 Å². The minimum atomic E-state index is -0.270. The molecule has 0 aliphatic rings. The summed E-state index contributed by atoms with van der Waals surface area (Å²) in [6, 6.07) is 16.0. The average molecular weight is 359 g/mol. The van der Waals surface area contributed by atoms with Crippen LogP contribution in [-0.2, 0) is 4.74 Å². The van der Waals surface area contributed by atoms with Crippen molar-refractivity contribution in [2.24, 2.45) is 0 Å². The van der Waals surface area contributed by atoms with E-state index in [9.17, 15) is 4.79 Å². The fourth-order valence-electron chi connectivity index (χ4n) is 2.27. The predicted octanol–water partition coefficient (Wildman–Crippen LogP) is 3.75. The molecule has 0 saturated carbocycles. The zero-order chi connectivity index (χ0) is 15.5. The van der Waals surface area contributed by atoms with Gasteiger partial charge in [-0.2, -0.15) is 0 Å². The van der Waals surface area contributed by atoms with E-state index in [-0.39, 0.29) is 20.5 Å². The first-order valence-electron chi connectivity index (χ1n) is 7.06. The molecular weight excluding hydrogens is 343 g/mol. The number of rotatable bonds is 4. The Kier molecular flexibility index (Phi) is 4.32. The van der Waals surface area contributed by atoms with E-state index in [0.717, 1.165) is 11.3 Å². The van der Waals surface area contributed by atoms with Crippen LogP contribution in [0.2, 0.25) is 0 Å². The van der Waals surface area contributed by atoms with E-state index in [1.807, 2.05) is 37.3 Å². The van der Waals surface area contributed by atoms with Gasteiger partial charge in [0.2, 0.25) is 0 Å². The second-order valence-electron chi connectivity index (χ2n) is 4.81. The Hall–Kier alpha value is -2.03. The molecule has 0 amide bonds. The number of fused-ring (bicyclic) bond motifs is 1. The molecule has 1 heterocycles. The van der Waals surface area contributed by atoms with Gasteiger partial charge in [0.1, 0.15) is 0 Å². The fourth-order valence-corrected chi connectivity index (χ4v) is 4.57. The topological polar surface area (TPSA) is 35.5 Å². The predicted molar refractivity (Wildman–Crippen MR) is 88.8 cm³/mol. The molecule has 112 valence electrons. The van der Waals surface area contributed by atoms with Gasteiger partial charge < -0.3 is 0 Å². The van der Waals surface area contributed by atoms with Crippen LogP contribution >= 0.6 is 0 Å². The van der Waals surface area contributed by atoms with E-state index in [0.29, 0.717) is 12.2 Å². The summed E-state index contributed by atoms with van der Waals surface area (Å²) in [4.78, 5) is 11.7. The summed E-state index contributed by atoms with van der Waals surface area (Å²) >= 11 is 0.259. The summed E-state index contributed by atoms with van der Waals surface area (Å²) in [6.07, 6.45) is 0. The Morgan fingerprint density at radius 2 is 1.86 bits per heavy atom. The molecule has 3 rings (SSSR count). The Balaban J connectivity index is 1.92. The Morgan fingerprint density at radius 1 is 1.09 bits per heavy atom. The molecule has 2 aromatic carbocycles. The van der Waals surface area contributed by atoms with Gasteiger partial charge in [0.25, 0.3) is 0 Å².